The maximum Gasteiger partial charge on any atom is 0.236 e. The van der Waals surface area contributed by atoms with Crippen molar-refractivity contribution in [3.63, 3.8) is 0 Å². The van der Waals surface area contributed by atoms with Crippen LogP contribution >= 0.6 is 0 Å². The van der Waals surface area contributed by atoms with Crippen molar-refractivity contribution in [1.82, 2.24) is 9.80 Å². The summed E-state index contributed by atoms with van der Waals surface area (Å²) in [5, 5.41) is 0. The minimum Gasteiger partial charge on any atom is -0.496 e. The maximum absolute atomic E-state index is 11.9. The SMILES string of the molecule is COc1ccc(CN2CCCN(C)C(=O)C2)cc1CN. The number of ether oxygens (including phenoxy) is 1. The van der Waals surface area contributed by atoms with Crippen LogP contribution in [0, 0.1) is 0 Å². The van der Waals surface area contributed by atoms with Gasteiger partial charge in [-0.15, -0.1) is 0 Å². The number of rotatable bonds is 4. The van der Waals surface area contributed by atoms with Crippen LogP contribution in [0.1, 0.15) is 17.5 Å². The van der Waals surface area contributed by atoms with Crippen LogP contribution in [0.25, 0.3) is 0 Å². The van der Waals surface area contributed by atoms with Gasteiger partial charge in [0.2, 0.25) is 5.91 Å². The second-order valence-corrected chi connectivity index (χ2v) is 5.23. The summed E-state index contributed by atoms with van der Waals surface area (Å²) < 4.78 is 5.28. The lowest BCUT2D eigenvalue weighted by Gasteiger charge is -2.20. The van der Waals surface area contributed by atoms with E-state index in [1.165, 1.54) is 5.56 Å². The molecule has 1 heterocycles. The summed E-state index contributed by atoms with van der Waals surface area (Å²) in [6, 6.07) is 6.05. The molecular weight excluding hydrogens is 254 g/mol. The van der Waals surface area contributed by atoms with Gasteiger partial charge < -0.3 is 15.4 Å². The molecule has 2 rings (SSSR count). The largest absolute Gasteiger partial charge is 0.496 e. The van der Waals surface area contributed by atoms with Crippen molar-refractivity contribution >= 4 is 5.91 Å². The first-order valence-electron chi connectivity index (χ1n) is 6.96. The molecule has 0 spiro atoms. The highest BCUT2D eigenvalue weighted by Gasteiger charge is 2.19. The van der Waals surface area contributed by atoms with E-state index in [2.05, 4.69) is 11.0 Å². The topological polar surface area (TPSA) is 58.8 Å². The smallest absolute Gasteiger partial charge is 0.236 e. The number of nitrogens with two attached hydrogens (primary N) is 1. The Hall–Kier alpha value is -1.59. The molecule has 1 aliphatic heterocycles. The van der Waals surface area contributed by atoms with Crippen molar-refractivity contribution in [2.24, 2.45) is 5.73 Å². The lowest BCUT2D eigenvalue weighted by Crippen LogP contribution is -2.34. The Labute approximate surface area is 120 Å². The molecule has 1 fully saturated rings. The van der Waals surface area contributed by atoms with E-state index in [0.717, 1.165) is 37.4 Å². The molecule has 1 aliphatic rings. The van der Waals surface area contributed by atoms with Crippen molar-refractivity contribution in [2.45, 2.75) is 19.5 Å². The van der Waals surface area contributed by atoms with Gasteiger partial charge >= 0.3 is 0 Å². The van der Waals surface area contributed by atoms with Crippen LogP contribution in [-0.2, 0) is 17.9 Å². The van der Waals surface area contributed by atoms with E-state index in [1.807, 2.05) is 19.2 Å². The molecule has 0 radical (unpaired) electrons. The van der Waals surface area contributed by atoms with Crippen molar-refractivity contribution in [3.05, 3.63) is 29.3 Å². The second kappa shape index (κ2) is 6.72. The van der Waals surface area contributed by atoms with E-state index in [4.69, 9.17) is 10.5 Å². The number of likely N-dealkylation sites (N-methyl/N-ethyl adjacent to an activating group) is 1. The molecule has 1 saturated heterocycles. The fourth-order valence-electron chi connectivity index (χ4n) is 2.53. The lowest BCUT2D eigenvalue weighted by molar-refractivity contribution is -0.129. The molecule has 0 aliphatic carbocycles. The summed E-state index contributed by atoms with van der Waals surface area (Å²) in [7, 11) is 3.52. The van der Waals surface area contributed by atoms with Gasteiger partial charge in [0, 0.05) is 38.8 Å². The number of hydrogen-bond donors (Lipinski definition) is 1. The number of benzene rings is 1. The van der Waals surface area contributed by atoms with Crippen molar-refractivity contribution in [1.29, 1.82) is 0 Å². The summed E-state index contributed by atoms with van der Waals surface area (Å²) in [5.74, 6) is 1.01. The van der Waals surface area contributed by atoms with Gasteiger partial charge in [0.15, 0.2) is 0 Å². The van der Waals surface area contributed by atoms with Gasteiger partial charge in [0.25, 0.3) is 0 Å². The molecule has 0 aromatic heterocycles. The number of methoxy groups -OCH3 is 1. The minimum atomic E-state index is 0.190. The first-order valence-corrected chi connectivity index (χ1v) is 6.96. The molecule has 110 valence electrons. The van der Waals surface area contributed by atoms with Crippen LogP contribution < -0.4 is 10.5 Å². The standard InChI is InChI=1S/C15H23N3O2/c1-17-6-3-7-18(11-15(17)19)10-12-4-5-14(20-2)13(8-12)9-16/h4-5,8H,3,6-7,9-11,16H2,1-2H3. The summed E-state index contributed by atoms with van der Waals surface area (Å²) >= 11 is 0. The molecule has 0 saturated carbocycles. The molecule has 5 nitrogen and oxygen atoms in total. The second-order valence-electron chi connectivity index (χ2n) is 5.23. The molecule has 0 bridgehead atoms. The number of carbonyl (C=O) groups is 1. The highest BCUT2D eigenvalue weighted by molar-refractivity contribution is 5.78. The molecule has 1 aromatic rings. The highest BCUT2D eigenvalue weighted by Crippen LogP contribution is 2.20. The van der Waals surface area contributed by atoms with E-state index < -0.39 is 0 Å². The molecule has 0 atom stereocenters. The molecule has 2 N–H and O–H groups in total. The monoisotopic (exact) mass is 277 g/mol. The van der Waals surface area contributed by atoms with E-state index in [-0.39, 0.29) is 5.91 Å². The minimum absolute atomic E-state index is 0.190. The molecule has 0 unspecified atom stereocenters. The predicted molar refractivity (Wildman–Crippen MR) is 78.4 cm³/mol. The van der Waals surface area contributed by atoms with E-state index in [0.29, 0.717) is 13.1 Å². The van der Waals surface area contributed by atoms with Gasteiger partial charge in [0.1, 0.15) is 5.75 Å². The van der Waals surface area contributed by atoms with Gasteiger partial charge in [-0.1, -0.05) is 6.07 Å². The highest BCUT2D eigenvalue weighted by atomic mass is 16.5. The molecule has 1 amide bonds. The number of amides is 1. The zero-order valence-electron chi connectivity index (χ0n) is 12.3. The van der Waals surface area contributed by atoms with E-state index in [9.17, 15) is 4.79 Å². The van der Waals surface area contributed by atoms with E-state index in [1.54, 1.807) is 12.0 Å². The summed E-state index contributed by atoms with van der Waals surface area (Å²) in [5.41, 5.74) is 7.91. The van der Waals surface area contributed by atoms with Crippen LogP contribution in [0.15, 0.2) is 18.2 Å². The molecule has 1 aromatic carbocycles. The van der Waals surface area contributed by atoms with Gasteiger partial charge in [0.05, 0.1) is 13.7 Å². The average Bonchev–Trinajstić information content (AvgIpc) is 2.61. The average molecular weight is 277 g/mol. The van der Waals surface area contributed by atoms with Gasteiger partial charge in [-0.25, -0.2) is 0 Å². The van der Waals surface area contributed by atoms with Crippen LogP contribution in [0.2, 0.25) is 0 Å². The van der Waals surface area contributed by atoms with Crippen molar-refractivity contribution in [2.75, 3.05) is 33.8 Å². The van der Waals surface area contributed by atoms with Gasteiger partial charge in [-0.3, -0.25) is 9.69 Å². The summed E-state index contributed by atoms with van der Waals surface area (Å²) in [6.07, 6.45) is 1.02. The zero-order chi connectivity index (χ0) is 14.5. The third kappa shape index (κ3) is 3.49. The Morgan fingerprint density at radius 1 is 1.35 bits per heavy atom. The quantitative estimate of drug-likeness (QED) is 0.885. The van der Waals surface area contributed by atoms with Crippen molar-refractivity contribution < 1.29 is 9.53 Å². The molecular formula is C15H23N3O2. The first kappa shape index (κ1) is 14.8. The lowest BCUT2D eigenvalue weighted by atomic mass is 10.1. The number of hydrogen-bond acceptors (Lipinski definition) is 4. The zero-order valence-corrected chi connectivity index (χ0v) is 12.3. The van der Waals surface area contributed by atoms with Gasteiger partial charge in [-0.2, -0.15) is 0 Å². The van der Waals surface area contributed by atoms with Crippen LogP contribution in [0.5, 0.6) is 5.75 Å². The Bertz CT molecular complexity index is 476. The fraction of sp³-hybridized carbons (Fsp3) is 0.533. The normalized spacial score (nSPS) is 17.1. The summed E-state index contributed by atoms with van der Waals surface area (Å²) in [4.78, 5) is 15.9. The third-order valence-corrected chi connectivity index (χ3v) is 3.72. The van der Waals surface area contributed by atoms with Crippen LogP contribution in [-0.4, -0.2) is 49.5 Å². The molecule has 5 heteroatoms. The Morgan fingerprint density at radius 2 is 2.15 bits per heavy atom. The van der Waals surface area contributed by atoms with Gasteiger partial charge in [-0.05, 0) is 24.1 Å². The molecule has 20 heavy (non-hydrogen) atoms. The first-order chi connectivity index (χ1) is 9.63. The fourth-order valence-corrected chi connectivity index (χ4v) is 2.53. The Balaban J connectivity index is 2.07. The van der Waals surface area contributed by atoms with E-state index >= 15 is 0 Å². The number of nitrogens with zero attached hydrogens (tertiary/aromatic N) is 2. The number of carbonyl (C=O) groups excluding carboxylic acids is 1. The van der Waals surface area contributed by atoms with Crippen LogP contribution in [0.4, 0.5) is 0 Å². The Morgan fingerprint density at radius 3 is 2.85 bits per heavy atom. The van der Waals surface area contributed by atoms with Crippen LogP contribution in [0.3, 0.4) is 0 Å². The Kier molecular flexibility index (Phi) is 4.98. The third-order valence-electron chi connectivity index (χ3n) is 3.72. The summed E-state index contributed by atoms with van der Waals surface area (Å²) in [6.45, 7) is 3.50. The maximum atomic E-state index is 11.9. The predicted octanol–water partition coefficient (Wildman–Crippen LogP) is 0.818. The van der Waals surface area contributed by atoms with Crippen molar-refractivity contribution in [3.8, 4) is 5.75 Å².